The Labute approximate surface area is 183 Å². The number of ether oxygens (including phenoxy) is 2. The monoisotopic (exact) mass is 470 g/mol. The summed E-state index contributed by atoms with van der Waals surface area (Å²) in [5.74, 6) is -0.413. The number of hydrogen-bond donors (Lipinski definition) is 1. The van der Waals surface area contributed by atoms with E-state index in [9.17, 15) is 23.3 Å². The van der Waals surface area contributed by atoms with Gasteiger partial charge in [0.25, 0.3) is 11.6 Å². The molecule has 13 heteroatoms. The number of thiazole rings is 1. The Morgan fingerprint density at radius 3 is 2.81 bits per heavy atom. The summed E-state index contributed by atoms with van der Waals surface area (Å²) in [6.45, 7) is 0.584. The Bertz CT molecular complexity index is 1060. The zero-order valence-electron chi connectivity index (χ0n) is 16.9. The van der Waals surface area contributed by atoms with Crippen LogP contribution < -0.4 is 14.8 Å². The minimum absolute atomic E-state index is 0.0892. The summed E-state index contributed by atoms with van der Waals surface area (Å²) in [4.78, 5) is 27.9. The Hall–Kier alpha value is -2.77. The molecule has 0 radical (unpaired) electrons. The van der Waals surface area contributed by atoms with Gasteiger partial charge in [-0.2, -0.15) is 0 Å². The first-order valence-corrected chi connectivity index (χ1v) is 12.1. The Kier molecular flexibility index (Phi) is 7.08. The van der Waals surface area contributed by atoms with E-state index >= 15 is 0 Å². The number of benzene rings is 1. The average molecular weight is 471 g/mol. The van der Waals surface area contributed by atoms with Gasteiger partial charge in [-0.05, 0) is 12.8 Å². The molecule has 2 aromatic rings. The van der Waals surface area contributed by atoms with Crippen molar-refractivity contribution in [2.75, 3.05) is 26.5 Å². The Balaban J connectivity index is 1.82. The van der Waals surface area contributed by atoms with Crippen molar-refractivity contribution in [1.29, 1.82) is 0 Å². The largest absolute Gasteiger partial charge is 0.493 e. The van der Waals surface area contributed by atoms with Crippen LogP contribution in [0.2, 0.25) is 0 Å². The van der Waals surface area contributed by atoms with E-state index in [1.165, 1.54) is 28.8 Å². The molecule has 1 aromatic heterocycles. The molecule has 1 fully saturated rings. The van der Waals surface area contributed by atoms with E-state index in [0.29, 0.717) is 25.1 Å². The van der Waals surface area contributed by atoms with E-state index in [1.54, 1.807) is 10.9 Å². The molecular weight excluding hydrogens is 448 g/mol. The molecule has 1 aliphatic rings. The van der Waals surface area contributed by atoms with E-state index in [4.69, 9.17) is 9.47 Å². The molecule has 2 heterocycles. The molecule has 0 saturated carbocycles. The maximum absolute atomic E-state index is 12.8. The number of nitro benzene ring substituents is 1. The van der Waals surface area contributed by atoms with E-state index in [2.05, 4.69) is 10.3 Å². The molecule has 3 rings (SSSR count). The first-order chi connectivity index (χ1) is 14.7. The summed E-state index contributed by atoms with van der Waals surface area (Å²) >= 11 is 1.39. The number of nitrogens with one attached hydrogen (secondary N) is 1. The molecule has 1 aromatic carbocycles. The van der Waals surface area contributed by atoms with Crippen LogP contribution in [0.5, 0.6) is 11.5 Å². The lowest BCUT2D eigenvalue weighted by Crippen LogP contribution is -2.49. The fraction of sp³-hybridized carbons (Fsp3) is 0.444. The van der Waals surface area contributed by atoms with E-state index in [1.807, 2.05) is 0 Å². The Morgan fingerprint density at radius 2 is 2.19 bits per heavy atom. The normalized spacial score (nSPS) is 17.2. The van der Waals surface area contributed by atoms with E-state index in [0.717, 1.165) is 12.3 Å². The second kappa shape index (κ2) is 9.58. The predicted molar refractivity (Wildman–Crippen MR) is 113 cm³/mol. The van der Waals surface area contributed by atoms with Gasteiger partial charge in [-0.3, -0.25) is 14.9 Å². The van der Waals surface area contributed by atoms with Gasteiger partial charge in [0.1, 0.15) is 12.2 Å². The molecule has 1 unspecified atom stereocenters. The molecule has 1 atom stereocenters. The lowest BCUT2D eigenvalue weighted by molar-refractivity contribution is -0.385. The number of rotatable bonds is 8. The zero-order chi connectivity index (χ0) is 22.6. The number of methoxy groups -OCH3 is 1. The first-order valence-electron chi connectivity index (χ1n) is 9.31. The molecule has 1 amide bonds. The van der Waals surface area contributed by atoms with Crippen LogP contribution >= 0.6 is 11.3 Å². The van der Waals surface area contributed by atoms with Gasteiger partial charge >= 0.3 is 0 Å². The predicted octanol–water partition coefficient (Wildman–Crippen LogP) is 1.79. The third-order valence-corrected chi connectivity index (χ3v) is 6.68. The lowest BCUT2D eigenvalue weighted by atomic mass is 10.1. The van der Waals surface area contributed by atoms with Crippen LogP contribution in [0.15, 0.2) is 23.0 Å². The SMILES string of the molecule is COc1cc(C(=O)NC2CCCN(S(C)(=O)=O)C2)c([N+](=O)[O-])cc1OCc1cscn1. The minimum Gasteiger partial charge on any atom is -0.493 e. The van der Waals surface area contributed by atoms with Crippen molar-refractivity contribution < 1.29 is 27.6 Å². The van der Waals surface area contributed by atoms with Gasteiger partial charge in [-0.1, -0.05) is 0 Å². The summed E-state index contributed by atoms with van der Waals surface area (Å²) in [5, 5.41) is 16.1. The van der Waals surface area contributed by atoms with Crippen LogP contribution in [-0.4, -0.2) is 61.0 Å². The summed E-state index contributed by atoms with van der Waals surface area (Å²) < 4.78 is 35.7. The molecular formula is C18H22N4O7S2. The van der Waals surface area contributed by atoms with Gasteiger partial charge in [0.2, 0.25) is 10.0 Å². The van der Waals surface area contributed by atoms with Crippen LogP contribution in [0.3, 0.4) is 0 Å². The highest BCUT2D eigenvalue weighted by atomic mass is 32.2. The number of piperidine rings is 1. The van der Waals surface area contributed by atoms with Gasteiger partial charge in [-0.25, -0.2) is 17.7 Å². The number of carbonyl (C=O) groups is 1. The fourth-order valence-electron chi connectivity index (χ4n) is 3.24. The summed E-state index contributed by atoms with van der Waals surface area (Å²) in [6, 6.07) is 1.94. The molecule has 1 N–H and O–H groups in total. The molecule has 1 saturated heterocycles. The van der Waals surface area contributed by atoms with Crippen molar-refractivity contribution in [2.45, 2.75) is 25.5 Å². The number of nitro groups is 1. The molecule has 0 bridgehead atoms. The summed E-state index contributed by atoms with van der Waals surface area (Å²) in [5.41, 5.74) is 1.66. The molecule has 168 valence electrons. The third-order valence-electron chi connectivity index (χ3n) is 4.77. The summed E-state index contributed by atoms with van der Waals surface area (Å²) in [7, 11) is -2.02. The molecule has 0 spiro atoms. The van der Waals surface area contributed by atoms with Crippen molar-refractivity contribution in [2.24, 2.45) is 0 Å². The maximum Gasteiger partial charge on any atom is 0.286 e. The summed E-state index contributed by atoms with van der Waals surface area (Å²) in [6.07, 6.45) is 2.25. The average Bonchev–Trinajstić information content (AvgIpc) is 3.24. The smallest absolute Gasteiger partial charge is 0.286 e. The van der Waals surface area contributed by atoms with Crippen molar-refractivity contribution in [3.63, 3.8) is 0 Å². The van der Waals surface area contributed by atoms with Crippen molar-refractivity contribution >= 4 is 33.0 Å². The second-order valence-corrected chi connectivity index (χ2v) is 9.68. The lowest BCUT2D eigenvalue weighted by Gasteiger charge is -2.31. The number of sulfonamides is 1. The quantitative estimate of drug-likeness (QED) is 0.455. The second-order valence-electron chi connectivity index (χ2n) is 6.98. The zero-order valence-corrected chi connectivity index (χ0v) is 18.6. The van der Waals surface area contributed by atoms with Gasteiger partial charge in [0.15, 0.2) is 11.5 Å². The van der Waals surface area contributed by atoms with E-state index < -0.39 is 32.6 Å². The number of hydrogen-bond acceptors (Lipinski definition) is 9. The van der Waals surface area contributed by atoms with Gasteiger partial charge < -0.3 is 14.8 Å². The van der Waals surface area contributed by atoms with Crippen LogP contribution in [0.1, 0.15) is 28.9 Å². The van der Waals surface area contributed by atoms with Crippen LogP contribution in [-0.2, 0) is 16.6 Å². The van der Waals surface area contributed by atoms with Gasteiger partial charge in [0.05, 0.1) is 35.6 Å². The standard InChI is InChI=1S/C18H22N4O7S2/c1-28-16-6-14(18(23)20-12-4-3-5-21(8-12)31(2,26)27)15(22(24)25)7-17(16)29-9-13-10-30-11-19-13/h6-7,10-12H,3-5,8-9H2,1-2H3,(H,20,23). The van der Waals surface area contributed by atoms with Crippen LogP contribution in [0.4, 0.5) is 5.69 Å². The first kappa shape index (κ1) is 22.9. The molecule has 1 aliphatic heterocycles. The third kappa shape index (κ3) is 5.68. The Morgan fingerprint density at radius 1 is 1.42 bits per heavy atom. The molecule has 0 aliphatic carbocycles. The van der Waals surface area contributed by atoms with Crippen LogP contribution in [0, 0.1) is 10.1 Å². The van der Waals surface area contributed by atoms with Crippen molar-refractivity contribution in [3.8, 4) is 11.5 Å². The number of carbonyl (C=O) groups excluding carboxylic acids is 1. The number of amides is 1. The topological polar surface area (TPSA) is 141 Å². The number of nitrogens with zero attached hydrogens (tertiary/aromatic N) is 3. The maximum atomic E-state index is 12.8. The van der Waals surface area contributed by atoms with E-state index in [-0.39, 0.29) is 30.2 Å². The highest BCUT2D eigenvalue weighted by Gasteiger charge is 2.30. The van der Waals surface area contributed by atoms with Crippen molar-refractivity contribution in [1.82, 2.24) is 14.6 Å². The van der Waals surface area contributed by atoms with Gasteiger partial charge in [0, 0.05) is 30.6 Å². The molecule has 31 heavy (non-hydrogen) atoms. The molecule has 11 nitrogen and oxygen atoms in total. The highest BCUT2D eigenvalue weighted by molar-refractivity contribution is 7.88. The number of aromatic nitrogens is 1. The fourth-order valence-corrected chi connectivity index (χ4v) is 4.69. The minimum atomic E-state index is -3.39. The van der Waals surface area contributed by atoms with Crippen LogP contribution in [0.25, 0.3) is 0 Å². The highest BCUT2D eigenvalue weighted by Crippen LogP contribution is 2.35. The van der Waals surface area contributed by atoms with Gasteiger partial charge in [-0.15, -0.1) is 11.3 Å². The van der Waals surface area contributed by atoms with Crippen molar-refractivity contribution in [3.05, 3.63) is 44.4 Å².